The second kappa shape index (κ2) is 10.1. The van der Waals surface area contributed by atoms with Gasteiger partial charge < -0.3 is 24.3 Å². The number of nitrogens with one attached hydrogen (secondary N) is 1. The number of anilines is 1. The third kappa shape index (κ3) is 5.04. The summed E-state index contributed by atoms with van der Waals surface area (Å²) >= 11 is 6.00. The van der Waals surface area contributed by atoms with E-state index in [1.54, 1.807) is 36.5 Å². The number of piperidine rings is 1. The lowest BCUT2D eigenvalue weighted by molar-refractivity contribution is -0.121. The molecule has 0 radical (unpaired) electrons. The molecule has 0 unspecified atom stereocenters. The van der Waals surface area contributed by atoms with Crippen molar-refractivity contribution >= 4 is 29.1 Å². The second-order valence-electron chi connectivity index (χ2n) is 8.83. The van der Waals surface area contributed by atoms with Gasteiger partial charge in [-0.15, -0.1) is 0 Å². The van der Waals surface area contributed by atoms with Gasteiger partial charge in [-0.1, -0.05) is 29.8 Å². The summed E-state index contributed by atoms with van der Waals surface area (Å²) in [7, 11) is 1.64. The molecular formula is C26H27ClN4O4. The Balaban J connectivity index is 1.18. The van der Waals surface area contributed by atoms with Crippen molar-refractivity contribution in [2.75, 3.05) is 25.5 Å². The Bertz CT molecular complexity index is 1220. The van der Waals surface area contributed by atoms with Crippen LogP contribution in [0.1, 0.15) is 40.7 Å². The number of carbonyl (C=O) groups excluding carboxylic acids is 2. The molecule has 3 heterocycles. The predicted molar refractivity (Wildman–Crippen MR) is 131 cm³/mol. The van der Waals surface area contributed by atoms with Crippen molar-refractivity contribution in [3.63, 3.8) is 0 Å². The van der Waals surface area contributed by atoms with Crippen LogP contribution >= 0.6 is 11.6 Å². The standard InChI is InChI=1S/C26H27ClN4O4/c1-34-21-7-5-17(6-8-21)23-14-31-16-28-24(22(31)15-35-23)26(33)30-11-9-18(10-12-30)25(32)29-20-4-2-3-19(27)13-20/h2-8,13,16,18,23H,9-12,14-15H2,1H3,(H,29,32)/t23-/m0/s1. The number of likely N-dealkylation sites (tertiary alicyclic amines) is 1. The zero-order chi connectivity index (χ0) is 24.4. The Labute approximate surface area is 208 Å². The number of hydrogen-bond donors (Lipinski definition) is 1. The summed E-state index contributed by atoms with van der Waals surface area (Å²) < 4.78 is 13.3. The topological polar surface area (TPSA) is 85.7 Å². The van der Waals surface area contributed by atoms with E-state index in [1.807, 2.05) is 34.9 Å². The molecule has 2 aliphatic rings. The van der Waals surface area contributed by atoms with Gasteiger partial charge in [0.2, 0.25) is 5.91 Å². The van der Waals surface area contributed by atoms with Crippen molar-refractivity contribution in [2.45, 2.75) is 32.1 Å². The molecular weight excluding hydrogens is 468 g/mol. The van der Waals surface area contributed by atoms with Crippen molar-refractivity contribution < 1.29 is 19.1 Å². The quantitative estimate of drug-likeness (QED) is 0.571. The number of benzene rings is 2. The Kier molecular flexibility index (Phi) is 6.74. The highest BCUT2D eigenvalue weighted by Gasteiger charge is 2.32. The first-order valence-corrected chi connectivity index (χ1v) is 12.0. The smallest absolute Gasteiger partial charge is 0.274 e. The molecule has 3 aromatic rings. The molecule has 1 N–H and O–H groups in total. The van der Waals surface area contributed by atoms with E-state index in [0.29, 0.717) is 55.5 Å². The lowest BCUT2D eigenvalue weighted by atomic mass is 9.95. The maximum absolute atomic E-state index is 13.2. The molecule has 9 heteroatoms. The molecule has 5 rings (SSSR count). The lowest BCUT2D eigenvalue weighted by Gasteiger charge is -2.31. The summed E-state index contributed by atoms with van der Waals surface area (Å²) in [5.41, 5.74) is 2.95. The van der Waals surface area contributed by atoms with Gasteiger partial charge in [0.15, 0.2) is 5.69 Å². The Morgan fingerprint density at radius 3 is 2.63 bits per heavy atom. The largest absolute Gasteiger partial charge is 0.497 e. The predicted octanol–water partition coefficient (Wildman–Crippen LogP) is 4.31. The first-order valence-electron chi connectivity index (χ1n) is 11.7. The van der Waals surface area contributed by atoms with E-state index in [4.69, 9.17) is 21.1 Å². The minimum Gasteiger partial charge on any atom is -0.497 e. The highest BCUT2D eigenvalue weighted by Crippen LogP contribution is 2.30. The molecule has 2 amide bonds. The monoisotopic (exact) mass is 494 g/mol. The van der Waals surface area contributed by atoms with Crippen LogP contribution in [-0.2, 0) is 22.7 Å². The molecule has 0 saturated carbocycles. The summed E-state index contributed by atoms with van der Waals surface area (Å²) in [6.45, 7) is 1.92. The molecule has 0 spiro atoms. The number of ether oxygens (including phenoxy) is 2. The van der Waals surface area contributed by atoms with Gasteiger partial charge in [-0.25, -0.2) is 4.98 Å². The van der Waals surface area contributed by atoms with Crippen LogP contribution in [0.15, 0.2) is 54.9 Å². The van der Waals surface area contributed by atoms with Gasteiger partial charge in [-0.3, -0.25) is 9.59 Å². The van der Waals surface area contributed by atoms with Gasteiger partial charge in [-0.05, 0) is 48.7 Å². The van der Waals surface area contributed by atoms with E-state index in [9.17, 15) is 9.59 Å². The van der Waals surface area contributed by atoms with Crippen molar-refractivity contribution in [1.29, 1.82) is 0 Å². The number of imidazole rings is 1. The first-order chi connectivity index (χ1) is 17.0. The van der Waals surface area contributed by atoms with Gasteiger partial charge in [-0.2, -0.15) is 0 Å². The third-order valence-electron chi connectivity index (χ3n) is 6.67. The van der Waals surface area contributed by atoms with Crippen molar-refractivity contribution in [3.8, 4) is 5.75 Å². The molecule has 2 aliphatic heterocycles. The Hall–Kier alpha value is -3.36. The molecule has 1 fully saturated rings. The fourth-order valence-electron chi connectivity index (χ4n) is 4.63. The minimum atomic E-state index is -0.150. The van der Waals surface area contributed by atoms with Crippen LogP contribution in [0.25, 0.3) is 0 Å². The summed E-state index contributed by atoms with van der Waals surface area (Å²) in [5, 5.41) is 3.50. The van der Waals surface area contributed by atoms with E-state index in [2.05, 4.69) is 10.3 Å². The molecule has 8 nitrogen and oxygen atoms in total. The first kappa shape index (κ1) is 23.4. The summed E-state index contributed by atoms with van der Waals surface area (Å²) in [6.07, 6.45) is 2.81. The van der Waals surface area contributed by atoms with Crippen LogP contribution in [0, 0.1) is 5.92 Å². The normalized spacial score (nSPS) is 18.1. The summed E-state index contributed by atoms with van der Waals surface area (Å²) in [5.74, 6) is 0.490. The van der Waals surface area contributed by atoms with Gasteiger partial charge in [0.1, 0.15) is 11.9 Å². The van der Waals surface area contributed by atoms with Crippen molar-refractivity contribution in [3.05, 3.63) is 76.8 Å². The van der Waals surface area contributed by atoms with E-state index >= 15 is 0 Å². The maximum Gasteiger partial charge on any atom is 0.274 e. The number of aromatic nitrogens is 2. The van der Waals surface area contributed by atoms with E-state index < -0.39 is 0 Å². The minimum absolute atomic E-state index is 0.0447. The van der Waals surface area contributed by atoms with Gasteiger partial charge >= 0.3 is 0 Å². The van der Waals surface area contributed by atoms with Crippen LogP contribution in [0.2, 0.25) is 5.02 Å². The zero-order valence-corrected chi connectivity index (χ0v) is 20.2. The fourth-order valence-corrected chi connectivity index (χ4v) is 4.82. The SMILES string of the molecule is COc1ccc([C@@H]2Cn3cnc(C(=O)N4CCC(C(=O)Nc5cccc(Cl)c5)CC4)c3CO2)cc1. The third-order valence-corrected chi connectivity index (χ3v) is 6.90. The fraction of sp³-hybridized carbons (Fsp3) is 0.346. The number of hydrogen-bond acceptors (Lipinski definition) is 5. The number of fused-ring (bicyclic) bond motifs is 1. The van der Waals surface area contributed by atoms with Crippen LogP contribution in [0.4, 0.5) is 5.69 Å². The number of nitrogens with zero attached hydrogens (tertiary/aromatic N) is 3. The average Bonchev–Trinajstić information content (AvgIpc) is 3.32. The molecule has 1 saturated heterocycles. The van der Waals surface area contributed by atoms with Gasteiger partial charge in [0, 0.05) is 29.7 Å². The van der Waals surface area contributed by atoms with Crippen LogP contribution in [0.5, 0.6) is 5.75 Å². The molecule has 1 aromatic heterocycles. The lowest BCUT2D eigenvalue weighted by Crippen LogP contribution is -2.42. The van der Waals surface area contributed by atoms with E-state index in [-0.39, 0.29) is 23.8 Å². The van der Waals surface area contributed by atoms with Gasteiger partial charge in [0.25, 0.3) is 5.91 Å². The van der Waals surface area contributed by atoms with Crippen molar-refractivity contribution in [1.82, 2.24) is 14.5 Å². The van der Waals surface area contributed by atoms with Gasteiger partial charge in [0.05, 0.1) is 32.3 Å². The average molecular weight is 495 g/mol. The molecule has 0 aliphatic carbocycles. The highest BCUT2D eigenvalue weighted by molar-refractivity contribution is 6.30. The summed E-state index contributed by atoms with van der Waals surface area (Å²) in [6, 6.07) is 14.9. The Morgan fingerprint density at radius 1 is 1.14 bits per heavy atom. The van der Waals surface area contributed by atoms with Crippen LogP contribution < -0.4 is 10.1 Å². The molecule has 0 bridgehead atoms. The molecule has 1 atom stereocenters. The maximum atomic E-state index is 13.2. The number of halogens is 1. The van der Waals surface area contributed by atoms with E-state index in [1.165, 1.54) is 0 Å². The Morgan fingerprint density at radius 2 is 1.91 bits per heavy atom. The molecule has 35 heavy (non-hydrogen) atoms. The molecule has 2 aromatic carbocycles. The number of carbonyl (C=O) groups is 2. The number of methoxy groups -OCH3 is 1. The van der Waals surface area contributed by atoms with E-state index in [0.717, 1.165) is 17.0 Å². The second-order valence-corrected chi connectivity index (χ2v) is 9.27. The van der Waals surface area contributed by atoms with Crippen molar-refractivity contribution in [2.24, 2.45) is 5.92 Å². The zero-order valence-electron chi connectivity index (χ0n) is 19.4. The highest BCUT2D eigenvalue weighted by atomic mass is 35.5. The summed E-state index contributed by atoms with van der Waals surface area (Å²) in [4.78, 5) is 32.1. The van der Waals surface area contributed by atoms with Crippen LogP contribution in [0.3, 0.4) is 0 Å². The van der Waals surface area contributed by atoms with Crippen LogP contribution in [-0.4, -0.2) is 46.5 Å². The number of amides is 2. The molecule has 182 valence electrons. The number of rotatable bonds is 5.